The predicted octanol–water partition coefficient (Wildman–Crippen LogP) is 1.70. The maximum absolute atomic E-state index is 13.4. The number of aliphatic hydroxyl groups excluding tert-OH is 1. The summed E-state index contributed by atoms with van der Waals surface area (Å²) in [4.78, 5) is 14.2. The molecule has 0 radical (unpaired) electrons. The molecule has 0 saturated carbocycles. The van der Waals surface area contributed by atoms with Gasteiger partial charge in [0.15, 0.2) is 0 Å². The summed E-state index contributed by atoms with van der Waals surface area (Å²) in [6, 6.07) is -0.246. The minimum Gasteiger partial charge on any atom is -0.394 e. The molecule has 0 aliphatic carbocycles. The molecule has 8 heteroatoms. The van der Waals surface area contributed by atoms with Crippen LogP contribution in [-0.2, 0) is 11.3 Å². The molecule has 1 amide bonds. The Hall–Kier alpha value is -1.54. The maximum Gasteiger partial charge on any atom is 0.280 e. The second-order valence-corrected chi connectivity index (χ2v) is 6.26. The second-order valence-electron chi connectivity index (χ2n) is 6.26. The van der Waals surface area contributed by atoms with Gasteiger partial charge in [0.25, 0.3) is 12.3 Å². The molecule has 1 N–H and O–H groups in total. The van der Waals surface area contributed by atoms with Gasteiger partial charge >= 0.3 is 0 Å². The van der Waals surface area contributed by atoms with Crippen molar-refractivity contribution in [2.75, 3.05) is 19.8 Å². The number of carbonyl (C=O) groups excluding carboxylic acids is 1. The number of alkyl halides is 2. The molecule has 1 aromatic heterocycles. The average molecular weight is 331 g/mol. The minimum absolute atomic E-state index is 0.0777. The van der Waals surface area contributed by atoms with E-state index in [4.69, 9.17) is 4.74 Å². The monoisotopic (exact) mass is 331 g/mol. The normalized spacial score (nSPS) is 22.2. The number of ether oxygens (including phenoxy) is 1. The van der Waals surface area contributed by atoms with Crippen LogP contribution in [0.2, 0.25) is 0 Å². The van der Waals surface area contributed by atoms with Crippen LogP contribution in [0.3, 0.4) is 0 Å². The summed E-state index contributed by atoms with van der Waals surface area (Å²) in [5, 5.41) is 13.2. The molecule has 1 fully saturated rings. The lowest BCUT2D eigenvalue weighted by Crippen LogP contribution is -2.52. The van der Waals surface area contributed by atoms with E-state index in [-0.39, 0.29) is 43.0 Å². The SMILES string of the molecule is CC(C)Cn1ncc(C(=O)N2CC(CO)OCC2C)c1C(F)F. The smallest absolute Gasteiger partial charge is 0.280 e. The van der Waals surface area contributed by atoms with Crippen molar-refractivity contribution in [2.45, 2.75) is 45.9 Å². The third kappa shape index (κ3) is 3.87. The Morgan fingerprint density at radius 1 is 1.52 bits per heavy atom. The number of carbonyl (C=O) groups is 1. The summed E-state index contributed by atoms with van der Waals surface area (Å²) in [6.07, 6.45) is -2.06. The molecule has 2 rings (SSSR count). The molecule has 1 saturated heterocycles. The fourth-order valence-electron chi connectivity index (χ4n) is 2.65. The topological polar surface area (TPSA) is 67.6 Å². The number of hydrogen-bond donors (Lipinski definition) is 1. The van der Waals surface area contributed by atoms with E-state index >= 15 is 0 Å². The number of halogens is 2. The van der Waals surface area contributed by atoms with Crippen molar-refractivity contribution < 1.29 is 23.4 Å². The van der Waals surface area contributed by atoms with Crippen LogP contribution in [0, 0.1) is 5.92 Å². The molecule has 2 heterocycles. The first-order chi connectivity index (χ1) is 10.8. The van der Waals surface area contributed by atoms with Gasteiger partial charge in [-0.15, -0.1) is 0 Å². The molecule has 130 valence electrons. The number of rotatable bonds is 5. The van der Waals surface area contributed by atoms with Gasteiger partial charge in [-0.25, -0.2) is 8.78 Å². The molecular weight excluding hydrogens is 308 g/mol. The van der Waals surface area contributed by atoms with Crippen molar-refractivity contribution in [1.29, 1.82) is 0 Å². The summed E-state index contributed by atoms with van der Waals surface area (Å²) >= 11 is 0. The van der Waals surface area contributed by atoms with E-state index in [1.165, 1.54) is 15.8 Å². The molecule has 2 atom stereocenters. The predicted molar refractivity (Wildman–Crippen MR) is 79.3 cm³/mol. The summed E-state index contributed by atoms with van der Waals surface area (Å²) in [7, 11) is 0. The van der Waals surface area contributed by atoms with Gasteiger partial charge in [-0.3, -0.25) is 9.48 Å². The van der Waals surface area contributed by atoms with Gasteiger partial charge in [0.1, 0.15) is 5.69 Å². The third-order valence-corrected chi connectivity index (χ3v) is 3.83. The third-order valence-electron chi connectivity index (χ3n) is 3.83. The standard InChI is InChI=1S/C15H23F2N3O3/c1-9(2)5-20-13(14(16)17)12(4-18-20)15(22)19-6-11(7-21)23-8-10(19)3/h4,9-11,14,21H,5-8H2,1-3H3. The Labute approximate surface area is 134 Å². The Balaban J connectivity index is 2.29. The highest BCUT2D eigenvalue weighted by atomic mass is 19.3. The Kier molecular flexibility index (Phi) is 5.69. The Bertz CT molecular complexity index is 548. The zero-order chi connectivity index (χ0) is 17.1. The number of hydrogen-bond acceptors (Lipinski definition) is 4. The lowest BCUT2D eigenvalue weighted by Gasteiger charge is -2.37. The quantitative estimate of drug-likeness (QED) is 0.892. The zero-order valence-electron chi connectivity index (χ0n) is 13.6. The van der Waals surface area contributed by atoms with E-state index in [9.17, 15) is 18.7 Å². The summed E-state index contributed by atoms with van der Waals surface area (Å²) in [5.41, 5.74) is -0.422. The van der Waals surface area contributed by atoms with Crippen LogP contribution in [0.15, 0.2) is 6.20 Å². The first-order valence-electron chi connectivity index (χ1n) is 7.72. The van der Waals surface area contributed by atoms with Gasteiger partial charge < -0.3 is 14.7 Å². The minimum atomic E-state index is -2.78. The van der Waals surface area contributed by atoms with Gasteiger partial charge in [0.05, 0.1) is 37.1 Å². The van der Waals surface area contributed by atoms with Gasteiger partial charge in [-0.2, -0.15) is 5.10 Å². The first kappa shape index (κ1) is 17.8. The van der Waals surface area contributed by atoms with E-state index < -0.39 is 18.4 Å². The zero-order valence-corrected chi connectivity index (χ0v) is 13.6. The van der Waals surface area contributed by atoms with Gasteiger partial charge in [-0.1, -0.05) is 13.8 Å². The summed E-state index contributed by atoms with van der Waals surface area (Å²) in [5.74, 6) is -0.360. The van der Waals surface area contributed by atoms with Crippen LogP contribution in [-0.4, -0.2) is 57.6 Å². The lowest BCUT2D eigenvalue weighted by atomic mass is 10.1. The highest BCUT2D eigenvalue weighted by molar-refractivity contribution is 5.95. The first-order valence-corrected chi connectivity index (χ1v) is 7.72. The van der Waals surface area contributed by atoms with Gasteiger partial charge in [0.2, 0.25) is 0 Å². The molecule has 0 spiro atoms. The summed E-state index contributed by atoms with van der Waals surface area (Å²) < 4.78 is 33.5. The van der Waals surface area contributed by atoms with Crippen molar-refractivity contribution in [2.24, 2.45) is 5.92 Å². The number of aliphatic hydroxyl groups is 1. The molecule has 0 bridgehead atoms. The molecule has 6 nitrogen and oxygen atoms in total. The van der Waals surface area contributed by atoms with E-state index in [0.29, 0.717) is 6.54 Å². The molecule has 2 unspecified atom stereocenters. The van der Waals surface area contributed by atoms with E-state index in [1.54, 1.807) is 6.92 Å². The maximum atomic E-state index is 13.4. The van der Waals surface area contributed by atoms with E-state index in [2.05, 4.69) is 5.10 Å². The largest absolute Gasteiger partial charge is 0.394 e. The van der Waals surface area contributed by atoms with Crippen LogP contribution >= 0.6 is 0 Å². The van der Waals surface area contributed by atoms with Crippen molar-refractivity contribution >= 4 is 5.91 Å². The van der Waals surface area contributed by atoms with Crippen LogP contribution in [0.1, 0.15) is 43.2 Å². The van der Waals surface area contributed by atoms with E-state index in [1.807, 2.05) is 13.8 Å². The highest BCUT2D eigenvalue weighted by Gasteiger charge is 2.34. The van der Waals surface area contributed by atoms with Crippen molar-refractivity contribution in [3.63, 3.8) is 0 Å². The van der Waals surface area contributed by atoms with Crippen molar-refractivity contribution in [1.82, 2.24) is 14.7 Å². The van der Waals surface area contributed by atoms with Crippen LogP contribution in [0.4, 0.5) is 8.78 Å². The molecule has 1 aromatic rings. The second kappa shape index (κ2) is 7.35. The van der Waals surface area contributed by atoms with Crippen LogP contribution < -0.4 is 0 Å². The van der Waals surface area contributed by atoms with Gasteiger partial charge in [0, 0.05) is 13.1 Å². The number of aromatic nitrogens is 2. The van der Waals surface area contributed by atoms with Crippen molar-refractivity contribution in [3.05, 3.63) is 17.5 Å². The molecule has 1 aliphatic rings. The van der Waals surface area contributed by atoms with Gasteiger partial charge in [-0.05, 0) is 12.8 Å². The highest BCUT2D eigenvalue weighted by Crippen LogP contribution is 2.26. The van der Waals surface area contributed by atoms with E-state index in [0.717, 1.165) is 0 Å². The molecule has 23 heavy (non-hydrogen) atoms. The number of nitrogens with zero attached hydrogens (tertiary/aromatic N) is 3. The molecular formula is C15H23F2N3O3. The Morgan fingerprint density at radius 3 is 2.78 bits per heavy atom. The van der Waals surface area contributed by atoms with Crippen molar-refractivity contribution in [3.8, 4) is 0 Å². The van der Waals surface area contributed by atoms with Crippen LogP contribution in [0.25, 0.3) is 0 Å². The fraction of sp³-hybridized carbons (Fsp3) is 0.733. The fourth-order valence-corrected chi connectivity index (χ4v) is 2.65. The number of morpholine rings is 1. The summed E-state index contributed by atoms with van der Waals surface area (Å²) in [6.45, 7) is 6.13. The van der Waals surface area contributed by atoms with Crippen LogP contribution in [0.5, 0.6) is 0 Å². The molecule has 0 aromatic carbocycles. The number of amides is 1. The average Bonchev–Trinajstić information content (AvgIpc) is 2.90. The Morgan fingerprint density at radius 2 is 2.22 bits per heavy atom. The lowest BCUT2D eigenvalue weighted by molar-refractivity contribution is -0.0668. The molecule has 1 aliphatic heterocycles.